The zero-order valence-electron chi connectivity index (χ0n) is 6.51. The van der Waals surface area contributed by atoms with Crippen LogP contribution in [0.1, 0.15) is 6.92 Å². The molecule has 1 nitrogen and oxygen atoms in total. The summed E-state index contributed by atoms with van der Waals surface area (Å²) in [6.45, 7) is 1.99. The van der Waals surface area contributed by atoms with Gasteiger partial charge in [0, 0.05) is 21.1 Å². The van der Waals surface area contributed by atoms with Gasteiger partial charge < -0.3 is 0 Å². The second-order valence-corrected chi connectivity index (χ2v) is 4.17. The van der Waals surface area contributed by atoms with Gasteiger partial charge in [-0.3, -0.25) is 4.99 Å². The SMILES string of the molecule is CC1=CC2C=C(Cl)C=C(Br)C2=N1. The first-order chi connectivity index (χ1) is 5.66. The van der Waals surface area contributed by atoms with E-state index in [-0.39, 0.29) is 5.92 Å². The van der Waals surface area contributed by atoms with Crippen LogP contribution in [-0.2, 0) is 0 Å². The molecule has 0 saturated heterocycles. The summed E-state index contributed by atoms with van der Waals surface area (Å²) in [5, 5.41) is 0.775. The van der Waals surface area contributed by atoms with E-state index >= 15 is 0 Å². The highest BCUT2D eigenvalue weighted by molar-refractivity contribution is 9.12. The molecule has 2 aliphatic rings. The maximum atomic E-state index is 5.90. The van der Waals surface area contributed by atoms with E-state index < -0.39 is 0 Å². The van der Waals surface area contributed by atoms with E-state index in [1.807, 2.05) is 19.1 Å². The smallest absolute Gasteiger partial charge is 0.0656 e. The number of halogens is 2. The van der Waals surface area contributed by atoms with Crippen molar-refractivity contribution in [3.05, 3.63) is 33.4 Å². The molecule has 0 fully saturated rings. The second-order valence-electron chi connectivity index (χ2n) is 2.87. The quantitative estimate of drug-likeness (QED) is 0.619. The molecule has 0 bridgehead atoms. The van der Waals surface area contributed by atoms with Crippen LogP contribution in [0.3, 0.4) is 0 Å². The Hall–Kier alpha value is -0.340. The number of nitrogens with zero attached hydrogens (tertiary/aromatic N) is 1. The third-order valence-corrected chi connectivity index (χ3v) is 2.75. The minimum absolute atomic E-state index is 0.275. The van der Waals surface area contributed by atoms with Gasteiger partial charge in [-0.1, -0.05) is 23.8 Å². The van der Waals surface area contributed by atoms with Crippen molar-refractivity contribution < 1.29 is 0 Å². The Bertz CT molecular complexity index is 350. The molecule has 1 atom stereocenters. The Kier molecular flexibility index (Phi) is 1.97. The molecule has 2 rings (SSSR count). The van der Waals surface area contributed by atoms with E-state index in [0.717, 1.165) is 20.9 Å². The first-order valence-corrected chi connectivity index (χ1v) is 4.86. The zero-order chi connectivity index (χ0) is 8.72. The van der Waals surface area contributed by atoms with Crippen molar-refractivity contribution in [2.45, 2.75) is 6.92 Å². The fourth-order valence-electron chi connectivity index (χ4n) is 1.39. The van der Waals surface area contributed by atoms with Gasteiger partial charge in [0.05, 0.1) is 5.71 Å². The van der Waals surface area contributed by atoms with Crippen LogP contribution in [0.15, 0.2) is 38.4 Å². The molecule has 1 unspecified atom stereocenters. The lowest BCUT2D eigenvalue weighted by Gasteiger charge is -2.11. The highest BCUT2D eigenvalue weighted by Crippen LogP contribution is 2.32. The van der Waals surface area contributed by atoms with Gasteiger partial charge in [0.15, 0.2) is 0 Å². The topological polar surface area (TPSA) is 12.4 Å². The van der Waals surface area contributed by atoms with Gasteiger partial charge in [0.25, 0.3) is 0 Å². The maximum absolute atomic E-state index is 5.90. The molecule has 3 heteroatoms. The van der Waals surface area contributed by atoms with E-state index in [2.05, 4.69) is 27.0 Å². The van der Waals surface area contributed by atoms with Crippen molar-refractivity contribution in [1.82, 2.24) is 0 Å². The first kappa shape index (κ1) is 8.27. The Morgan fingerprint density at radius 2 is 2.25 bits per heavy atom. The van der Waals surface area contributed by atoms with Crippen LogP contribution in [0.5, 0.6) is 0 Å². The van der Waals surface area contributed by atoms with Gasteiger partial charge >= 0.3 is 0 Å². The minimum atomic E-state index is 0.275. The molecule has 1 aliphatic carbocycles. The maximum Gasteiger partial charge on any atom is 0.0656 e. The van der Waals surface area contributed by atoms with E-state index in [1.54, 1.807) is 0 Å². The Balaban J connectivity index is 2.46. The molecule has 62 valence electrons. The van der Waals surface area contributed by atoms with Crippen LogP contribution in [0.25, 0.3) is 0 Å². The Labute approximate surface area is 84.6 Å². The summed E-state index contributed by atoms with van der Waals surface area (Å²) in [4.78, 5) is 4.39. The highest BCUT2D eigenvalue weighted by Gasteiger charge is 2.23. The predicted octanol–water partition coefficient (Wildman–Crippen LogP) is 3.38. The standard InChI is InChI=1S/C9H7BrClN/c1-5-2-6-3-7(11)4-8(10)9(6)12-5/h2-4,6H,1H3. The average molecular weight is 245 g/mol. The molecule has 0 spiro atoms. The van der Waals surface area contributed by atoms with Gasteiger partial charge in [0.1, 0.15) is 0 Å². The lowest BCUT2D eigenvalue weighted by atomic mass is 10.00. The third kappa shape index (κ3) is 1.29. The second kappa shape index (κ2) is 2.86. The molecule has 0 aromatic heterocycles. The largest absolute Gasteiger partial charge is 0.256 e. The van der Waals surface area contributed by atoms with E-state index in [9.17, 15) is 0 Å². The van der Waals surface area contributed by atoms with Gasteiger partial charge in [-0.15, -0.1) is 0 Å². The monoisotopic (exact) mass is 243 g/mol. The summed E-state index contributed by atoms with van der Waals surface area (Å²) in [5.41, 5.74) is 2.12. The van der Waals surface area contributed by atoms with Crippen molar-refractivity contribution in [3.8, 4) is 0 Å². The highest BCUT2D eigenvalue weighted by atomic mass is 79.9. The molecular formula is C9H7BrClN. The molecule has 0 amide bonds. The van der Waals surface area contributed by atoms with E-state index in [0.29, 0.717) is 0 Å². The van der Waals surface area contributed by atoms with E-state index in [4.69, 9.17) is 11.6 Å². The number of hydrogen-bond donors (Lipinski definition) is 0. The summed E-state index contributed by atoms with van der Waals surface area (Å²) in [6, 6.07) is 0. The van der Waals surface area contributed by atoms with Crippen molar-refractivity contribution >= 4 is 33.2 Å². The van der Waals surface area contributed by atoms with Crippen LogP contribution < -0.4 is 0 Å². The minimum Gasteiger partial charge on any atom is -0.256 e. The fourth-order valence-corrected chi connectivity index (χ4v) is 2.37. The van der Waals surface area contributed by atoms with E-state index in [1.165, 1.54) is 0 Å². The normalized spacial score (nSPS) is 27.1. The van der Waals surface area contributed by atoms with Crippen LogP contribution >= 0.6 is 27.5 Å². The van der Waals surface area contributed by atoms with Crippen molar-refractivity contribution in [2.24, 2.45) is 10.9 Å². The molecule has 0 aromatic rings. The van der Waals surface area contributed by atoms with Gasteiger partial charge in [-0.25, -0.2) is 0 Å². The molecule has 0 aromatic carbocycles. The Morgan fingerprint density at radius 3 is 3.00 bits per heavy atom. The molecule has 0 N–H and O–H groups in total. The first-order valence-electron chi connectivity index (χ1n) is 3.69. The number of aliphatic imine (C=N–C) groups is 1. The molecular weight excluding hydrogens is 237 g/mol. The van der Waals surface area contributed by atoms with Crippen molar-refractivity contribution in [2.75, 3.05) is 0 Å². The summed E-state index contributed by atoms with van der Waals surface area (Å²) in [5.74, 6) is 0.275. The third-order valence-electron chi connectivity index (χ3n) is 1.88. The van der Waals surface area contributed by atoms with Crippen LogP contribution in [0.2, 0.25) is 0 Å². The summed E-state index contributed by atoms with van der Waals surface area (Å²) in [7, 11) is 0. The summed E-state index contributed by atoms with van der Waals surface area (Å²) < 4.78 is 0.994. The van der Waals surface area contributed by atoms with Gasteiger partial charge in [-0.05, 0) is 28.9 Å². The summed E-state index contributed by atoms with van der Waals surface area (Å²) in [6.07, 6.45) is 5.98. The number of hydrogen-bond acceptors (Lipinski definition) is 1. The van der Waals surface area contributed by atoms with Gasteiger partial charge in [-0.2, -0.15) is 0 Å². The van der Waals surface area contributed by atoms with Crippen LogP contribution in [-0.4, -0.2) is 5.71 Å². The molecule has 12 heavy (non-hydrogen) atoms. The van der Waals surface area contributed by atoms with Crippen LogP contribution in [0.4, 0.5) is 0 Å². The molecule has 0 saturated carbocycles. The Morgan fingerprint density at radius 1 is 1.50 bits per heavy atom. The van der Waals surface area contributed by atoms with Crippen molar-refractivity contribution in [3.63, 3.8) is 0 Å². The number of fused-ring (bicyclic) bond motifs is 1. The molecule has 0 radical (unpaired) electrons. The van der Waals surface area contributed by atoms with Crippen LogP contribution in [0, 0.1) is 5.92 Å². The predicted molar refractivity (Wildman–Crippen MR) is 55.6 cm³/mol. The lowest BCUT2D eigenvalue weighted by Crippen LogP contribution is -2.10. The summed E-state index contributed by atoms with van der Waals surface area (Å²) >= 11 is 9.33. The van der Waals surface area contributed by atoms with Crippen molar-refractivity contribution in [1.29, 1.82) is 0 Å². The molecule has 1 aliphatic heterocycles. The zero-order valence-corrected chi connectivity index (χ0v) is 8.85. The fraction of sp³-hybridized carbons (Fsp3) is 0.222. The molecule has 1 heterocycles. The van der Waals surface area contributed by atoms with Gasteiger partial charge in [0.2, 0.25) is 0 Å². The lowest BCUT2D eigenvalue weighted by molar-refractivity contribution is 1.15. The average Bonchev–Trinajstić information content (AvgIpc) is 2.29. The number of allylic oxidation sites excluding steroid dienone is 6. The number of rotatable bonds is 0.